The molecular weight excluding hydrogens is 758 g/mol. The molecule has 16 heteroatoms. The molecule has 5 atom stereocenters. The molecule has 2 aromatic rings. The van der Waals surface area contributed by atoms with Gasteiger partial charge in [-0.3, -0.25) is 19.1 Å². The number of alkyl carbamates (subject to hydrolysis) is 1. The molecule has 0 radical (unpaired) electrons. The highest BCUT2D eigenvalue weighted by atomic mass is 79.9. The second-order valence-corrected chi connectivity index (χ2v) is 18.3. The summed E-state index contributed by atoms with van der Waals surface area (Å²) in [6.45, 7) is 17.1. The summed E-state index contributed by atoms with van der Waals surface area (Å²) in [7, 11) is -2.43. The summed E-state index contributed by atoms with van der Waals surface area (Å²) in [6.07, 6.45) is 0.695. The number of nitrogens with one attached hydrogen (secondary N) is 3. The Hall–Kier alpha value is -3.92. The van der Waals surface area contributed by atoms with Gasteiger partial charge in [-0.1, -0.05) is 52.0 Å². The van der Waals surface area contributed by atoms with Gasteiger partial charge in [-0.25, -0.2) is 18.2 Å². The van der Waals surface area contributed by atoms with Crippen LogP contribution >= 0.6 is 15.9 Å². The van der Waals surface area contributed by atoms with Gasteiger partial charge in [0.25, 0.3) is 5.91 Å². The molecule has 0 spiro atoms. The first-order valence-electron chi connectivity index (χ1n) is 17.1. The van der Waals surface area contributed by atoms with Gasteiger partial charge in [0.2, 0.25) is 27.7 Å². The molecule has 1 aliphatic carbocycles. The third kappa shape index (κ3) is 9.17. The van der Waals surface area contributed by atoms with Crippen LogP contribution in [0.25, 0.3) is 10.8 Å². The van der Waals surface area contributed by atoms with Gasteiger partial charge in [0, 0.05) is 23.1 Å². The Morgan fingerprint density at radius 1 is 1.06 bits per heavy atom. The fraction of sp³-hybridized carbons (Fsp3) is 0.583. The standard InChI is InChI=1S/C36H50BrN5O9S/c1-11-20(2)36(9,32(45)41-52(47,48)22-16-17-22)40-29(43)25-18-21(50-30-24-15-13-12-14-23(24)26(49-10)28(37)39-30)19-42(25)31(44)27(34(3,4)5)38-33(46)51-35(6,7)8/h11-15,20-22,25,27H,1,16-19H2,2-10H3,(H,38,46)(H,40,43)(H,41,45)/t20?,21-,25+,27-,36+/m1/s1. The smallest absolute Gasteiger partial charge is 0.408 e. The Bertz CT molecular complexity index is 1840. The second-order valence-electron chi connectivity index (χ2n) is 15.6. The molecular formula is C36H50BrN5O9S. The SMILES string of the molecule is C=CC(C)[C@](C)(NC(=O)[C@@H]1C[C@@H](Oc2nc(Br)c(OC)c3ccccc23)CN1C(=O)[C@@H](NC(=O)OC(C)(C)C)C(C)(C)C)C(=O)NS(=O)(=O)C1CC1. The molecule has 52 heavy (non-hydrogen) atoms. The van der Waals surface area contributed by atoms with Crippen LogP contribution < -0.4 is 24.8 Å². The van der Waals surface area contributed by atoms with Crippen LogP contribution in [-0.2, 0) is 29.1 Å². The third-order valence-corrected chi connectivity index (χ3v) is 11.6. The summed E-state index contributed by atoms with van der Waals surface area (Å²) >= 11 is 3.45. The van der Waals surface area contributed by atoms with Gasteiger partial charge in [0.15, 0.2) is 10.4 Å². The monoisotopic (exact) mass is 807 g/mol. The van der Waals surface area contributed by atoms with Gasteiger partial charge < -0.3 is 29.7 Å². The summed E-state index contributed by atoms with van der Waals surface area (Å²) in [6, 6.07) is 4.97. The molecule has 0 bridgehead atoms. The highest BCUT2D eigenvalue weighted by Crippen LogP contribution is 2.38. The average Bonchev–Trinajstić information content (AvgIpc) is 3.82. The van der Waals surface area contributed by atoms with E-state index in [1.54, 1.807) is 48.5 Å². The van der Waals surface area contributed by atoms with Crippen LogP contribution in [0.15, 0.2) is 41.5 Å². The number of fused-ring (bicyclic) bond motifs is 1. The number of carbonyl (C=O) groups excluding carboxylic acids is 4. The molecule has 1 aliphatic heterocycles. The van der Waals surface area contributed by atoms with E-state index in [4.69, 9.17) is 14.2 Å². The van der Waals surface area contributed by atoms with E-state index in [0.717, 1.165) is 5.39 Å². The van der Waals surface area contributed by atoms with Crippen molar-refractivity contribution in [3.8, 4) is 11.6 Å². The summed E-state index contributed by atoms with van der Waals surface area (Å²) in [5.41, 5.74) is -3.45. The molecule has 1 aromatic heterocycles. The molecule has 2 heterocycles. The van der Waals surface area contributed by atoms with Crippen molar-refractivity contribution >= 4 is 60.5 Å². The lowest BCUT2D eigenvalue weighted by Crippen LogP contribution is -2.64. The average molecular weight is 809 g/mol. The van der Waals surface area contributed by atoms with E-state index in [1.165, 1.54) is 25.0 Å². The predicted molar refractivity (Wildman–Crippen MR) is 199 cm³/mol. The highest BCUT2D eigenvalue weighted by molar-refractivity contribution is 9.10. The first-order valence-corrected chi connectivity index (χ1v) is 19.5. The van der Waals surface area contributed by atoms with E-state index in [2.05, 4.69) is 42.8 Å². The van der Waals surface area contributed by atoms with Crippen LogP contribution in [0.1, 0.15) is 74.7 Å². The first-order chi connectivity index (χ1) is 24.0. The minimum atomic E-state index is -3.95. The zero-order chi connectivity index (χ0) is 39.0. The van der Waals surface area contributed by atoms with Crippen molar-refractivity contribution in [1.29, 1.82) is 0 Å². The number of methoxy groups -OCH3 is 1. The van der Waals surface area contributed by atoms with Gasteiger partial charge in [-0.05, 0) is 67.9 Å². The molecule has 14 nitrogen and oxygen atoms in total. The molecule has 1 unspecified atom stereocenters. The van der Waals surface area contributed by atoms with Crippen molar-refractivity contribution < 1.29 is 41.8 Å². The number of nitrogens with zero attached hydrogens (tertiary/aromatic N) is 2. The van der Waals surface area contributed by atoms with Crippen LogP contribution in [-0.4, -0.2) is 90.3 Å². The Kier molecular flexibility index (Phi) is 11.9. The quantitative estimate of drug-likeness (QED) is 0.203. The largest absolute Gasteiger partial charge is 0.493 e. The van der Waals surface area contributed by atoms with Crippen molar-refractivity contribution in [3.05, 3.63) is 41.5 Å². The van der Waals surface area contributed by atoms with Crippen LogP contribution in [0.2, 0.25) is 0 Å². The number of aromatic nitrogens is 1. The summed E-state index contributed by atoms with van der Waals surface area (Å²) in [5.74, 6) is -2.24. The molecule has 3 N–H and O–H groups in total. The Labute approximate surface area is 314 Å². The Balaban J connectivity index is 1.72. The molecule has 1 aromatic carbocycles. The molecule has 1 saturated heterocycles. The maximum Gasteiger partial charge on any atom is 0.408 e. The summed E-state index contributed by atoms with van der Waals surface area (Å²) < 4.78 is 45.5. The second kappa shape index (κ2) is 15.2. The number of sulfonamides is 1. The molecule has 4 rings (SSSR count). The van der Waals surface area contributed by atoms with Gasteiger partial charge in [0.1, 0.15) is 29.3 Å². The number of pyridine rings is 1. The lowest BCUT2D eigenvalue weighted by Gasteiger charge is -2.38. The van der Waals surface area contributed by atoms with Crippen LogP contribution in [0.5, 0.6) is 11.6 Å². The topological polar surface area (TPSA) is 182 Å². The van der Waals surface area contributed by atoms with Gasteiger partial charge in [0.05, 0.1) is 18.9 Å². The maximum atomic E-state index is 14.5. The van der Waals surface area contributed by atoms with Crippen molar-refractivity contribution in [2.75, 3.05) is 13.7 Å². The van der Waals surface area contributed by atoms with E-state index in [0.29, 0.717) is 28.6 Å². The van der Waals surface area contributed by atoms with Crippen molar-refractivity contribution in [2.24, 2.45) is 11.3 Å². The fourth-order valence-corrected chi connectivity index (χ4v) is 7.82. The number of likely N-dealkylation sites (tertiary alicyclic amines) is 1. The molecule has 1 saturated carbocycles. The van der Waals surface area contributed by atoms with Crippen molar-refractivity contribution in [2.45, 2.75) is 109 Å². The van der Waals surface area contributed by atoms with E-state index >= 15 is 0 Å². The number of hydrogen-bond acceptors (Lipinski definition) is 10. The summed E-state index contributed by atoms with van der Waals surface area (Å²) in [4.78, 5) is 61.4. The number of rotatable bonds is 12. The predicted octanol–water partition coefficient (Wildman–Crippen LogP) is 4.60. The van der Waals surface area contributed by atoms with E-state index in [1.807, 2.05) is 24.3 Å². The third-order valence-electron chi connectivity index (χ3n) is 9.21. The number of halogens is 1. The Morgan fingerprint density at radius 3 is 2.21 bits per heavy atom. The minimum absolute atomic E-state index is 0.0267. The molecule has 2 fully saturated rings. The van der Waals surface area contributed by atoms with Gasteiger partial charge >= 0.3 is 6.09 Å². The van der Waals surface area contributed by atoms with Gasteiger partial charge in [-0.15, -0.1) is 6.58 Å². The first kappa shape index (κ1) is 40.8. The normalized spacial score (nSPS) is 20.2. The van der Waals surface area contributed by atoms with Crippen LogP contribution in [0.3, 0.4) is 0 Å². The number of amides is 4. The van der Waals surface area contributed by atoms with Crippen molar-refractivity contribution in [3.63, 3.8) is 0 Å². The van der Waals surface area contributed by atoms with Gasteiger partial charge in [-0.2, -0.15) is 0 Å². The van der Waals surface area contributed by atoms with E-state index < -0.39 is 79.7 Å². The molecule has 2 aliphatic rings. The minimum Gasteiger partial charge on any atom is -0.493 e. The van der Waals surface area contributed by atoms with Crippen LogP contribution in [0.4, 0.5) is 4.79 Å². The number of carbonyl (C=O) groups is 4. The highest BCUT2D eigenvalue weighted by Gasteiger charge is 2.50. The molecule has 286 valence electrons. The lowest BCUT2D eigenvalue weighted by molar-refractivity contribution is -0.143. The number of benzene rings is 1. The fourth-order valence-electron chi connectivity index (χ4n) is 5.88. The van der Waals surface area contributed by atoms with Crippen molar-refractivity contribution in [1.82, 2.24) is 25.2 Å². The lowest BCUT2D eigenvalue weighted by atomic mass is 9.85. The zero-order valence-electron chi connectivity index (χ0n) is 31.2. The Morgan fingerprint density at radius 2 is 1.67 bits per heavy atom. The maximum absolute atomic E-state index is 14.5. The molecule has 4 amide bonds. The number of ether oxygens (including phenoxy) is 3. The van der Waals surface area contributed by atoms with E-state index in [9.17, 15) is 27.6 Å². The summed E-state index contributed by atoms with van der Waals surface area (Å²) in [5, 5.41) is 6.12. The van der Waals surface area contributed by atoms with E-state index in [-0.39, 0.29) is 18.8 Å². The van der Waals surface area contributed by atoms with Crippen LogP contribution in [0, 0.1) is 11.3 Å². The number of hydrogen-bond donors (Lipinski definition) is 3. The zero-order valence-corrected chi connectivity index (χ0v) is 33.6.